The Morgan fingerprint density at radius 1 is 1.35 bits per heavy atom. The predicted octanol–water partition coefficient (Wildman–Crippen LogP) is 1.02. The van der Waals surface area contributed by atoms with Gasteiger partial charge in [0.15, 0.2) is 5.69 Å². The lowest BCUT2D eigenvalue weighted by molar-refractivity contribution is -0.153. The second-order valence-electron chi connectivity index (χ2n) is 5.19. The van der Waals surface area contributed by atoms with Crippen LogP contribution in [0.25, 0.3) is 0 Å². The Kier molecular flexibility index (Phi) is 4.18. The lowest BCUT2D eigenvalue weighted by atomic mass is 9.95. The van der Waals surface area contributed by atoms with Crippen LogP contribution in [0.15, 0.2) is 11.1 Å². The Morgan fingerprint density at radius 2 is 1.87 bits per heavy atom. The van der Waals surface area contributed by atoms with Crippen molar-refractivity contribution in [1.29, 1.82) is 0 Å². The molecule has 0 saturated carbocycles. The first kappa shape index (κ1) is 17.7. The summed E-state index contributed by atoms with van der Waals surface area (Å²) in [6.45, 7) is -1.06. The number of aliphatic carboxylic acids is 1. The minimum atomic E-state index is -4.97. The number of carboxylic acid groups (broad SMARTS) is 1. The highest BCUT2D eigenvalue weighted by molar-refractivity contribution is 7.89. The Hall–Kier alpha value is -1.69. The summed E-state index contributed by atoms with van der Waals surface area (Å²) in [5.74, 6) is -1.72. The molecule has 1 aromatic rings. The highest BCUT2D eigenvalue weighted by atomic mass is 32.2. The number of piperidine rings is 1. The summed E-state index contributed by atoms with van der Waals surface area (Å²) in [7, 11) is -3.42. The zero-order valence-corrected chi connectivity index (χ0v) is 12.7. The fourth-order valence-corrected chi connectivity index (χ4v) is 3.91. The third-order valence-corrected chi connectivity index (χ3v) is 5.48. The molecule has 130 valence electrons. The molecule has 1 saturated heterocycles. The van der Waals surface area contributed by atoms with Crippen LogP contribution in [-0.4, -0.2) is 52.3 Å². The number of hydrogen-bond acceptors (Lipinski definition) is 4. The summed E-state index contributed by atoms with van der Waals surface area (Å²) in [5.41, 5.74) is -4.14. The Balaban J connectivity index is 2.33. The minimum absolute atomic E-state index is 0.530. The van der Waals surface area contributed by atoms with Gasteiger partial charge in [0.25, 0.3) is 0 Å². The van der Waals surface area contributed by atoms with Gasteiger partial charge in [-0.15, -0.1) is 0 Å². The molecule has 1 fully saturated rings. The molecule has 0 spiro atoms. The van der Waals surface area contributed by atoms with Gasteiger partial charge in [0, 0.05) is 39.2 Å². The van der Waals surface area contributed by atoms with Crippen LogP contribution in [0.4, 0.5) is 17.6 Å². The van der Waals surface area contributed by atoms with Gasteiger partial charge in [-0.05, 0) is 0 Å². The van der Waals surface area contributed by atoms with Gasteiger partial charge in [0.2, 0.25) is 15.7 Å². The van der Waals surface area contributed by atoms with Gasteiger partial charge in [0.1, 0.15) is 4.90 Å². The van der Waals surface area contributed by atoms with Gasteiger partial charge in [0.05, 0.1) is 0 Å². The summed E-state index contributed by atoms with van der Waals surface area (Å²) < 4.78 is 78.7. The fraction of sp³-hybridized carbons (Fsp3) is 0.636. The average Bonchev–Trinajstić information content (AvgIpc) is 2.82. The van der Waals surface area contributed by atoms with E-state index >= 15 is 0 Å². The minimum Gasteiger partial charge on any atom is -0.479 e. The molecule has 0 aliphatic carbocycles. The lowest BCUT2D eigenvalue weighted by Crippen LogP contribution is -2.48. The van der Waals surface area contributed by atoms with Crippen LogP contribution in [-0.2, 0) is 28.0 Å². The summed E-state index contributed by atoms with van der Waals surface area (Å²) in [6, 6.07) is 0. The van der Waals surface area contributed by atoms with E-state index in [1.807, 2.05) is 0 Å². The summed E-state index contributed by atoms with van der Waals surface area (Å²) in [6.07, 6.45) is -5.52. The van der Waals surface area contributed by atoms with E-state index in [4.69, 9.17) is 5.11 Å². The molecule has 2 rings (SSSR count). The first-order valence-electron chi connectivity index (χ1n) is 6.41. The van der Waals surface area contributed by atoms with Crippen molar-refractivity contribution < 1.29 is 35.9 Å². The first-order valence-corrected chi connectivity index (χ1v) is 7.85. The number of carbonyl (C=O) groups is 1. The van der Waals surface area contributed by atoms with Crippen molar-refractivity contribution in [1.82, 2.24) is 14.1 Å². The van der Waals surface area contributed by atoms with Crippen molar-refractivity contribution in [2.24, 2.45) is 7.05 Å². The Labute approximate surface area is 128 Å². The van der Waals surface area contributed by atoms with Crippen molar-refractivity contribution in [3.05, 3.63) is 11.9 Å². The van der Waals surface area contributed by atoms with E-state index in [0.29, 0.717) is 10.5 Å². The van der Waals surface area contributed by atoms with Gasteiger partial charge >= 0.3 is 12.1 Å². The van der Waals surface area contributed by atoms with Gasteiger partial charge in [-0.3, -0.25) is 4.68 Å². The van der Waals surface area contributed by atoms with Crippen LogP contribution in [0, 0.1) is 0 Å². The van der Waals surface area contributed by atoms with E-state index in [1.54, 1.807) is 0 Å². The molecule has 12 heteroatoms. The third-order valence-electron chi connectivity index (χ3n) is 3.58. The fourth-order valence-electron chi connectivity index (χ4n) is 2.29. The maximum atomic E-state index is 13.9. The highest BCUT2D eigenvalue weighted by Crippen LogP contribution is 2.36. The zero-order chi connectivity index (χ0) is 17.6. The number of alkyl halides is 4. The van der Waals surface area contributed by atoms with E-state index < -0.39 is 64.4 Å². The molecule has 1 aromatic heterocycles. The molecule has 0 atom stereocenters. The van der Waals surface area contributed by atoms with Crippen molar-refractivity contribution >= 4 is 16.0 Å². The van der Waals surface area contributed by atoms with Gasteiger partial charge in [-0.1, -0.05) is 0 Å². The molecule has 1 aliphatic heterocycles. The SMILES string of the molecule is Cn1cc(S(=O)(=O)N2CCC(F)(C(=O)O)CC2)c(C(F)(F)F)n1. The molecule has 2 heterocycles. The standard InChI is InChI=1S/C11H13F4N3O4S/c1-17-6-7(8(16-17)11(13,14)15)23(21,22)18-4-2-10(12,3-5-18)9(19)20/h6H,2-5H2,1H3,(H,19,20). The van der Waals surface area contributed by atoms with Crippen LogP contribution < -0.4 is 0 Å². The van der Waals surface area contributed by atoms with E-state index in [0.717, 1.165) is 11.7 Å². The quantitative estimate of drug-likeness (QED) is 0.814. The van der Waals surface area contributed by atoms with Crippen molar-refractivity contribution in [3.63, 3.8) is 0 Å². The number of carboxylic acids is 1. The summed E-state index contributed by atoms with van der Waals surface area (Å²) >= 11 is 0. The van der Waals surface area contributed by atoms with Crippen molar-refractivity contribution in [3.8, 4) is 0 Å². The number of rotatable bonds is 3. The molecular formula is C11H13F4N3O4S. The normalized spacial score (nSPS) is 19.7. The molecule has 0 unspecified atom stereocenters. The largest absolute Gasteiger partial charge is 0.479 e. The number of halogens is 4. The lowest BCUT2D eigenvalue weighted by Gasteiger charge is -2.32. The summed E-state index contributed by atoms with van der Waals surface area (Å²) in [5, 5.41) is 11.9. The van der Waals surface area contributed by atoms with E-state index in [-0.39, 0.29) is 0 Å². The predicted molar refractivity (Wildman–Crippen MR) is 67.7 cm³/mol. The molecule has 0 aromatic carbocycles. The van der Waals surface area contributed by atoms with Gasteiger partial charge in [-0.25, -0.2) is 17.6 Å². The highest BCUT2D eigenvalue weighted by Gasteiger charge is 2.47. The number of aromatic nitrogens is 2. The van der Waals surface area contributed by atoms with Gasteiger partial charge in [-0.2, -0.15) is 22.6 Å². The molecule has 0 bridgehead atoms. The van der Waals surface area contributed by atoms with E-state index in [2.05, 4.69) is 5.10 Å². The first-order chi connectivity index (χ1) is 10.4. The van der Waals surface area contributed by atoms with Crippen LogP contribution in [0.3, 0.4) is 0 Å². The zero-order valence-electron chi connectivity index (χ0n) is 11.8. The molecule has 0 amide bonds. The molecule has 1 N–H and O–H groups in total. The second kappa shape index (κ2) is 5.44. The topological polar surface area (TPSA) is 92.5 Å². The summed E-state index contributed by atoms with van der Waals surface area (Å²) in [4.78, 5) is 9.75. The molecule has 1 aliphatic rings. The molecule has 0 radical (unpaired) electrons. The van der Waals surface area contributed by atoms with Crippen LogP contribution in [0.1, 0.15) is 18.5 Å². The van der Waals surface area contributed by atoms with Crippen LogP contribution in [0.5, 0.6) is 0 Å². The molecule has 7 nitrogen and oxygen atoms in total. The number of hydrogen-bond donors (Lipinski definition) is 1. The monoisotopic (exact) mass is 359 g/mol. The van der Waals surface area contributed by atoms with E-state index in [1.165, 1.54) is 0 Å². The van der Waals surface area contributed by atoms with Crippen molar-refractivity contribution in [2.45, 2.75) is 29.6 Å². The van der Waals surface area contributed by atoms with Crippen molar-refractivity contribution in [2.75, 3.05) is 13.1 Å². The number of aryl methyl sites for hydroxylation is 1. The van der Waals surface area contributed by atoms with Gasteiger partial charge < -0.3 is 5.11 Å². The number of nitrogens with zero attached hydrogens (tertiary/aromatic N) is 3. The average molecular weight is 359 g/mol. The maximum absolute atomic E-state index is 13.9. The Morgan fingerprint density at radius 3 is 2.30 bits per heavy atom. The molecule has 23 heavy (non-hydrogen) atoms. The smallest absolute Gasteiger partial charge is 0.436 e. The second-order valence-corrected chi connectivity index (χ2v) is 7.09. The van der Waals surface area contributed by atoms with Crippen LogP contribution >= 0.6 is 0 Å². The number of sulfonamides is 1. The maximum Gasteiger partial charge on any atom is 0.436 e. The third kappa shape index (κ3) is 3.17. The van der Waals surface area contributed by atoms with E-state index in [9.17, 15) is 30.8 Å². The Bertz CT molecular complexity index is 720. The van der Waals surface area contributed by atoms with Crippen LogP contribution in [0.2, 0.25) is 0 Å². The molecular weight excluding hydrogens is 346 g/mol.